The third kappa shape index (κ3) is 5.49. The second kappa shape index (κ2) is 9.62. The number of rotatable bonds is 9. The second-order valence-electron chi connectivity index (χ2n) is 7.03. The summed E-state index contributed by atoms with van der Waals surface area (Å²) < 4.78 is 7.27. The molecule has 1 aromatic heterocycles. The number of ether oxygens (including phenoxy) is 1. The molecule has 0 spiro atoms. The minimum Gasteiger partial charge on any atom is -0.495 e. The number of carbonyl (C=O) groups is 1. The molecule has 0 bridgehead atoms. The number of hydrogen-bond donors (Lipinski definition) is 0. The van der Waals surface area contributed by atoms with Crippen LogP contribution in [0.15, 0.2) is 35.7 Å². The van der Waals surface area contributed by atoms with E-state index in [4.69, 9.17) is 4.74 Å². The highest BCUT2D eigenvalue weighted by molar-refractivity contribution is 7.99. The third-order valence-electron chi connectivity index (χ3n) is 3.71. The quantitative estimate of drug-likeness (QED) is 0.627. The van der Waals surface area contributed by atoms with Crippen molar-refractivity contribution in [3.8, 4) is 11.4 Å². The number of thioether (sulfide) groups is 1. The van der Waals surface area contributed by atoms with Crippen molar-refractivity contribution in [2.45, 2.75) is 32.9 Å². The number of para-hydroxylation sites is 2. The Morgan fingerprint density at radius 3 is 2.46 bits per heavy atom. The summed E-state index contributed by atoms with van der Waals surface area (Å²) in [5, 5.41) is 8.85. The van der Waals surface area contributed by atoms with E-state index in [1.54, 1.807) is 13.4 Å². The maximum absolute atomic E-state index is 12.7. The van der Waals surface area contributed by atoms with Crippen LogP contribution in [0.3, 0.4) is 0 Å². The minimum absolute atomic E-state index is 0.131. The largest absolute Gasteiger partial charge is 0.495 e. The molecule has 1 amide bonds. The van der Waals surface area contributed by atoms with Crippen molar-refractivity contribution in [1.29, 1.82) is 0 Å². The molecule has 0 atom stereocenters. The lowest BCUT2D eigenvalue weighted by Gasteiger charge is -2.26. The van der Waals surface area contributed by atoms with E-state index in [1.807, 2.05) is 33.7 Å². The molecule has 0 saturated heterocycles. The first-order valence-corrected chi connectivity index (χ1v) is 9.84. The molecule has 0 unspecified atom stereocenters. The fraction of sp³-hybridized carbons (Fsp3) is 0.526. The molecule has 1 heterocycles. The van der Waals surface area contributed by atoms with Gasteiger partial charge in [0.1, 0.15) is 12.1 Å². The standard InChI is InChI=1S/C19H28N4O2S/c1-14(2)10-22(11-15(3)4)18(24)12-26-19-21-20-13-23(19)16-8-6-7-9-17(16)25-5/h6-9,13-15H,10-12H2,1-5H3. The van der Waals surface area contributed by atoms with Crippen molar-refractivity contribution in [3.05, 3.63) is 30.6 Å². The smallest absolute Gasteiger partial charge is 0.233 e. The van der Waals surface area contributed by atoms with E-state index in [2.05, 4.69) is 37.9 Å². The zero-order valence-electron chi connectivity index (χ0n) is 16.2. The Kier molecular flexibility index (Phi) is 7.50. The molecule has 26 heavy (non-hydrogen) atoms. The van der Waals surface area contributed by atoms with Crippen LogP contribution in [-0.2, 0) is 4.79 Å². The summed E-state index contributed by atoms with van der Waals surface area (Å²) in [6.45, 7) is 10.1. The molecule has 7 heteroatoms. The average Bonchev–Trinajstić information content (AvgIpc) is 3.06. The topological polar surface area (TPSA) is 60.2 Å². The molecule has 0 aliphatic rings. The van der Waals surface area contributed by atoms with Crippen molar-refractivity contribution < 1.29 is 9.53 Å². The molecule has 0 N–H and O–H groups in total. The predicted octanol–water partition coefficient (Wildman–Crippen LogP) is 3.51. The third-order valence-corrected chi connectivity index (χ3v) is 4.64. The molecule has 6 nitrogen and oxygen atoms in total. The zero-order chi connectivity index (χ0) is 19.1. The van der Waals surface area contributed by atoms with Crippen LogP contribution in [0, 0.1) is 11.8 Å². The van der Waals surface area contributed by atoms with Crippen LogP contribution in [0.4, 0.5) is 0 Å². The summed E-state index contributed by atoms with van der Waals surface area (Å²) in [5.41, 5.74) is 0.858. The van der Waals surface area contributed by atoms with Gasteiger partial charge in [-0.2, -0.15) is 0 Å². The van der Waals surface area contributed by atoms with Gasteiger partial charge in [-0.3, -0.25) is 9.36 Å². The Labute approximate surface area is 159 Å². The fourth-order valence-electron chi connectivity index (χ4n) is 2.69. The van der Waals surface area contributed by atoms with Crippen LogP contribution in [0.2, 0.25) is 0 Å². The molecule has 1 aromatic carbocycles. The van der Waals surface area contributed by atoms with Gasteiger partial charge in [0.25, 0.3) is 0 Å². The normalized spacial score (nSPS) is 11.2. The minimum atomic E-state index is 0.131. The molecule has 2 aromatic rings. The van der Waals surface area contributed by atoms with Crippen molar-refractivity contribution >= 4 is 17.7 Å². The fourth-order valence-corrected chi connectivity index (χ4v) is 3.52. The lowest BCUT2D eigenvalue weighted by atomic mass is 10.1. The number of nitrogens with zero attached hydrogens (tertiary/aromatic N) is 4. The zero-order valence-corrected chi connectivity index (χ0v) is 17.0. The number of carbonyl (C=O) groups excluding carboxylic acids is 1. The molecule has 2 rings (SSSR count). The maximum atomic E-state index is 12.7. The summed E-state index contributed by atoms with van der Waals surface area (Å²) in [6, 6.07) is 7.68. The first-order chi connectivity index (χ1) is 12.4. The average molecular weight is 377 g/mol. The van der Waals surface area contributed by atoms with E-state index in [-0.39, 0.29) is 5.91 Å². The molecular formula is C19H28N4O2S. The molecule has 142 valence electrons. The van der Waals surface area contributed by atoms with Gasteiger partial charge in [0.15, 0.2) is 5.16 Å². The highest BCUT2D eigenvalue weighted by Crippen LogP contribution is 2.26. The van der Waals surface area contributed by atoms with Gasteiger partial charge >= 0.3 is 0 Å². The van der Waals surface area contributed by atoms with Gasteiger partial charge in [-0.15, -0.1) is 10.2 Å². The molecular weight excluding hydrogens is 348 g/mol. The van der Waals surface area contributed by atoms with Crippen LogP contribution in [-0.4, -0.2) is 51.5 Å². The first kappa shape index (κ1) is 20.3. The Morgan fingerprint density at radius 1 is 1.19 bits per heavy atom. The summed E-state index contributed by atoms with van der Waals surface area (Å²) in [7, 11) is 1.63. The second-order valence-corrected chi connectivity index (χ2v) is 7.97. The lowest BCUT2D eigenvalue weighted by Crippen LogP contribution is -2.38. The number of amides is 1. The van der Waals surface area contributed by atoms with Gasteiger partial charge < -0.3 is 9.64 Å². The summed E-state index contributed by atoms with van der Waals surface area (Å²) in [4.78, 5) is 14.7. The number of methoxy groups -OCH3 is 1. The van der Waals surface area contributed by atoms with Crippen molar-refractivity contribution in [1.82, 2.24) is 19.7 Å². The predicted molar refractivity (Wildman–Crippen MR) is 105 cm³/mol. The van der Waals surface area contributed by atoms with E-state index in [1.165, 1.54) is 11.8 Å². The van der Waals surface area contributed by atoms with Crippen LogP contribution in [0.5, 0.6) is 5.75 Å². The van der Waals surface area contributed by atoms with Crippen LogP contribution < -0.4 is 4.74 Å². The summed E-state index contributed by atoms with van der Waals surface area (Å²) in [5.74, 6) is 2.10. The molecule has 0 radical (unpaired) electrons. The van der Waals surface area contributed by atoms with Gasteiger partial charge in [-0.1, -0.05) is 51.6 Å². The first-order valence-electron chi connectivity index (χ1n) is 8.86. The highest BCUT2D eigenvalue weighted by atomic mass is 32.2. The van der Waals surface area contributed by atoms with E-state index < -0.39 is 0 Å². The van der Waals surface area contributed by atoms with E-state index >= 15 is 0 Å². The Hall–Kier alpha value is -2.02. The molecule has 0 fully saturated rings. The molecule has 0 saturated carbocycles. The summed E-state index contributed by atoms with van der Waals surface area (Å²) >= 11 is 1.40. The monoisotopic (exact) mass is 376 g/mol. The highest BCUT2D eigenvalue weighted by Gasteiger charge is 2.18. The Bertz CT molecular complexity index is 705. The van der Waals surface area contributed by atoms with Crippen molar-refractivity contribution in [2.75, 3.05) is 26.0 Å². The van der Waals surface area contributed by atoms with Crippen molar-refractivity contribution in [2.24, 2.45) is 11.8 Å². The van der Waals surface area contributed by atoms with E-state index in [0.29, 0.717) is 22.7 Å². The van der Waals surface area contributed by atoms with E-state index in [9.17, 15) is 4.79 Å². The SMILES string of the molecule is COc1ccccc1-n1cnnc1SCC(=O)N(CC(C)C)CC(C)C. The van der Waals surface area contributed by atoms with Gasteiger partial charge in [-0.05, 0) is 24.0 Å². The van der Waals surface area contributed by atoms with Gasteiger partial charge in [0.05, 0.1) is 18.6 Å². The van der Waals surface area contributed by atoms with Gasteiger partial charge in [0.2, 0.25) is 5.91 Å². The number of aromatic nitrogens is 3. The van der Waals surface area contributed by atoms with Crippen LogP contribution in [0.25, 0.3) is 5.69 Å². The number of hydrogen-bond acceptors (Lipinski definition) is 5. The van der Waals surface area contributed by atoms with Crippen LogP contribution >= 0.6 is 11.8 Å². The van der Waals surface area contributed by atoms with E-state index in [0.717, 1.165) is 24.5 Å². The Balaban J connectivity index is 2.10. The lowest BCUT2D eigenvalue weighted by molar-refractivity contribution is -0.129. The number of benzene rings is 1. The van der Waals surface area contributed by atoms with Crippen LogP contribution in [0.1, 0.15) is 27.7 Å². The molecule has 0 aliphatic heterocycles. The van der Waals surface area contributed by atoms with Gasteiger partial charge in [0, 0.05) is 13.1 Å². The maximum Gasteiger partial charge on any atom is 0.233 e. The summed E-state index contributed by atoms with van der Waals surface area (Å²) in [6.07, 6.45) is 1.64. The van der Waals surface area contributed by atoms with Crippen molar-refractivity contribution in [3.63, 3.8) is 0 Å². The Morgan fingerprint density at radius 2 is 1.85 bits per heavy atom. The van der Waals surface area contributed by atoms with Gasteiger partial charge in [-0.25, -0.2) is 0 Å². The molecule has 0 aliphatic carbocycles.